The Morgan fingerprint density at radius 3 is 2.29 bits per heavy atom. The minimum Gasteiger partial charge on any atom is -0.473 e. The number of H-pyrrole nitrogens is 1. The normalized spacial score (nSPS) is 9.24. The van der Waals surface area contributed by atoms with Crippen molar-refractivity contribution in [3.05, 3.63) is 30.5 Å². The van der Waals surface area contributed by atoms with Crippen LogP contribution in [0.1, 0.15) is 0 Å². The van der Waals surface area contributed by atoms with Crippen molar-refractivity contribution in [2.24, 2.45) is 0 Å². The van der Waals surface area contributed by atoms with Gasteiger partial charge in [-0.05, 0) is 6.07 Å². The van der Waals surface area contributed by atoms with Crippen LogP contribution in [0.4, 0.5) is 5.69 Å². The molecular weight excluding hydrogens is 224 g/mol. The molecule has 0 aliphatic heterocycles. The molecule has 0 aliphatic carbocycles. The van der Waals surface area contributed by atoms with E-state index in [0.717, 1.165) is 5.69 Å². The van der Waals surface area contributed by atoms with Gasteiger partial charge in [-0.1, -0.05) is 18.2 Å². The molecule has 0 atom stereocenters. The van der Waals surface area contributed by atoms with Gasteiger partial charge in [0, 0.05) is 24.1 Å². The summed E-state index contributed by atoms with van der Waals surface area (Å²) in [6.07, 6.45) is 1.98. The van der Waals surface area contributed by atoms with Gasteiger partial charge in [0.25, 0.3) is 0 Å². The second-order valence-electron chi connectivity index (χ2n) is 3.11. The van der Waals surface area contributed by atoms with Gasteiger partial charge in [-0.25, -0.2) is 9.59 Å². The third kappa shape index (κ3) is 3.23. The highest BCUT2D eigenvalue weighted by Gasteiger charge is 2.04. The Kier molecular flexibility index (Phi) is 4.10. The number of nitrogens with one attached hydrogen (secondary N) is 2. The zero-order chi connectivity index (χ0) is 12.8. The summed E-state index contributed by atoms with van der Waals surface area (Å²) in [4.78, 5) is 21.4. The number of benzene rings is 1. The quantitative estimate of drug-likeness (QED) is 0.560. The summed E-state index contributed by atoms with van der Waals surface area (Å²) < 4.78 is 0. The van der Waals surface area contributed by atoms with Crippen LogP contribution in [0.2, 0.25) is 0 Å². The fourth-order valence-corrected chi connectivity index (χ4v) is 1.28. The van der Waals surface area contributed by atoms with Crippen LogP contribution in [0.3, 0.4) is 0 Å². The molecule has 6 heteroatoms. The van der Waals surface area contributed by atoms with Gasteiger partial charge in [0.15, 0.2) is 0 Å². The number of para-hydroxylation sites is 1. The molecule has 1 heterocycles. The number of carbonyl (C=O) groups is 2. The summed E-state index contributed by atoms with van der Waals surface area (Å²) >= 11 is 0. The molecule has 0 amide bonds. The summed E-state index contributed by atoms with van der Waals surface area (Å²) in [6, 6.07) is 8.23. The third-order valence-corrected chi connectivity index (χ3v) is 2.04. The van der Waals surface area contributed by atoms with Crippen LogP contribution in [0, 0.1) is 0 Å². The number of carboxylic acids is 2. The topological polar surface area (TPSA) is 102 Å². The zero-order valence-electron chi connectivity index (χ0n) is 9.10. The van der Waals surface area contributed by atoms with Gasteiger partial charge < -0.3 is 20.5 Å². The van der Waals surface area contributed by atoms with Gasteiger partial charge in [-0.3, -0.25) is 0 Å². The van der Waals surface area contributed by atoms with E-state index in [1.165, 1.54) is 10.9 Å². The van der Waals surface area contributed by atoms with Crippen molar-refractivity contribution in [1.29, 1.82) is 0 Å². The van der Waals surface area contributed by atoms with E-state index in [0.29, 0.717) is 0 Å². The van der Waals surface area contributed by atoms with E-state index >= 15 is 0 Å². The molecule has 1 aromatic heterocycles. The molecule has 0 saturated carbocycles. The lowest BCUT2D eigenvalue weighted by Gasteiger charge is -1.93. The van der Waals surface area contributed by atoms with Gasteiger partial charge in [0.05, 0.1) is 5.69 Å². The minimum atomic E-state index is -1.82. The molecule has 0 bridgehead atoms. The molecule has 6 nitrogen and oxygen atoms in total. The maximum absolute atomic E-state index is 9.10. The van der Waals surface area contributed by atoms with E-state index < -0.39 is 11.9 Å². The first kappa shape index (κ1) is 12.6. The first-order valence-electron chi connectivity index (χ1n) is 4.76. The first-order chi connectivity index (χ1) is 8.06. The molecule has 0 saturated heterocycles. The Balaban J connectivity index is 0.000000209. The lowest BCUT2D eigenvalue weighted by atomic mass is 10.2. The molecule has 17 heavy (non-hydrogen) atoms. The summed E-state index contributed by atoms with van der Waals surface area (Å²) in [5, 5.41) is 19.1. The highest BCUT2D eigenvalue weighted by atomic mass is 16.4. The molecule has 1 aromatic carbocycles. The predicted octanol–water partition coefficient (Wildman–Crippen LogP) is 1.37. The van der Waals surface area contributed by atoms with Gasteiger partial charge >= 0.3 is 11.9 Å². The number of hydrogen-bond donors (Lipinski definition) is 4. The van der Waals surface area contributed by atoms with E-state index in [1.807, 2.05) is 25.4 Å². The fourth-order valence-electron chi connectivity index (χ4n) is 1.28. The van der Waals surface area contributed by atoms with Gasteiger partial charge in [0.2, 0.25) is 0 Å². The second kappa shape index (κ2) is 5.55. The molecule has 2 aromatic rings. The smallest absolute Gasteiger partial charge is 0.414 e. The lowest BCUT2D eigenvalue weighted by Crippen LogP contribution is -2.09. The van der Waals surface area contributed by atoms with Crippen LogP contribution in [0.5, 0.6) is 0 Å². The average Bonchev–Trinajstić information content (AvgIpc) is 2.72. The Hall–Kier alpha value is -2.50. The van der Waals surface area contributed by atoms with Crippen molar-refractivity contribution in [2.75, 3.05) is 12.4 Å². The molecule has 2 rings (SSSR count). The van der Waals surface area contributed by atoms with Crippen molar-refractivity contribution in [1.82, 2.24) is 4.98 Å². The number of aliphatic carboxylic acids is 2. The Morgan fingerprint density at radius 1 is 1.18 bits per heavy atom. The summed E-state index contributed by atoms with van der Waals surface area (Å²) in [6.45, 7) is 0. The Bertz CT molecular complexity index is 521. The number of anilines is 1. The van der Waals surface area contributed by atoms with Crippen molar-refractivity contribution < 1.29 is 19.8 Å². The van der Waals surface area contributed by atoms with E-state index in [9.17, 15) is 0 Å². The number of rotatable bonds is 1. The van der Waals surface area contributed by atoms with Crippen LogP contribution < -0.4 is 5.32 Å². The van der Waals surface area contributed by atoms with E-state index in [1.54, 1.807) is 0 Å². The number of fused-ring (bicyclic) bond motifs is 1. The average molecular weight is 236 g/mol. The van der Waals surface area contributed by atoms with Crippen LogP contribution >= 0.6 is 0 Å². The molecule has 90 valence electrons. The summed E-state index contributed by atoms with van der Waals surface area (Å²) in [7, 11) is 1.93. The minimum absolute atomic E-state index is 1.15. The number of hydrogen-bond acceptors (Lipinski definition) is 3. The fraction of sp³-hybridized carbons (Fsp3) is 0.0909. The van der Waals surface area contributed by atoms with E-state index in [2.05, 4.69) is 22.4 Å². The van der Waals surface area contributed by atoms with Crippen molar-refractivity contribution in [2.45, 2.75) is 0 Å². The van der Waals surface area contributed by atoms with E-state index in [4.69, 9.17) is 19.8 Å². The first-order valence-corrected chi connectivity index (χ1v) is 4.76. The van der Waals surface area contributed by atoms with Crippen LogP contribution in [-0.2, 0) is 9.59 Å². The molecular formula is C11H12N2O4. The van der Waals surface area contributed by atoms with Gasteiger partial charge in [-0.2, -0.15) is 0 Å². The maximum Gasteiger partial charge on any atom is 0.414 e. The highest BCUT2D eigenvalue weighted by molar-refractivity contribution is 6.27. The molecule has 0 spiro atoms. The van der Waals surface area contributed by atoms with Crippen molar-refractivity contribution >= 4 is 28.5 Å². The lowest BCUT2D eigenvalue weighted by molar-refractivity contribution is -0.159. The monoisotopic (exact) mass is 236 g/mol. The molecule has 4 N–H and O–H groups in total. The zero-order valence-corrected chi connectivity index (χ0v) is 9.10. The van der Waals surface area contributed by atoms with Crippen LogP contribution in [-0.4, -0.2) is 34.2 Å². The SMILES string of the molecule is CNc1c[nH]c2ccccc12.O=C(O)C(=O)O. The predicted molar refractivity (Wildman–Crippen MR) is 63.1 cm³/mol. The van der Waals surface area contributed by atoms with Crippen molar-refractivity contribution in [3.63, 3.8) is 0 Å². The van der Waals surface area contributed by atoms with Crippen LogP contribution in [0.15, 0.2) is 30.5 Å². The Labute approximate surface area is 96.9 Å². The largest absolute Gasteiger partial charge is 0.473 e. The summed E-state index contributed by atoms with van der Waals surface area (Å²) in [5.74, 6) is -3.65. The molecule has 0 aliphatic rings. The molecule has 0 radical (unpaired) electrons. The summed E-state index contributed by atoms with van der Waals surface area (Å²) in [5.41, 5.74) is 2.33. The number of aromatic nitrogens is 1. The van der Waals surface area contributed by atoms with Crippen LogP contribution in [0.25, 0.3) is 10.9 Å². The second-order valence-corrected chi connectivity index (χ2v) is 3.11. The van der Waals surface area contributed by atoms with E-state index in [-0.39, 0.29) is 0 Å². The Morgan fingerprint density at radius 2 is 1.76 bits per heavy atom. The number of aromatic amines is 1. The molecule has 0 unspecified atom stereocenters. The van der Waals surface area contributed by atoms with Gasteiger partial charge in [-0.15, -0.1) is 0 Å². The number of carboxylic acid groups (broad SMARTS) is 2. The molecule has 0 fully saturated rings. The highest BCUT2D eigenvalue weighted by Crippen LogP contribution is 2.21. The third-order valence-electron chi connectivity index (χ3n) is 2.04. The standard InChI is InChI=1S/C9H10N2.C2H2O4/c1-10-9-6-11-8-5-3-2-4-7(8)9;3-1(4)2(5)6/h2-6,10-11H,1H3;(H,3,4)(H,5,6). The van der Waals surface area contributed by atoms with Crippen molar-refractivity contribution in [3.8, 4) is 0 Å². The van der Waals surface area contributed by atoms with Gasteiger partial charge in [0.1, 0.15) is 0 Å². The maximum atomic E-state index is 9.10.